The molecular weight excluding hydrogens is 275 g/mol. The topological polar surface area (TPSA) is 24.9 Å². The van der Waals surface area contributed by atoms with Crippen LogP contribution < -0.4 is 5.32 Å². The fraction of sp³-hybridized carbons (Fsp3) is 0.583. The number of aromatic nitrogens is 1. The Labute approximate surface area is 116 Å². The van der Waals surface area contributed by atoms with E-state index in [-0.39, 0.29) is 0 Å². The van der Waals surface area contributed by atoms with E-state index in [4.69, 9.17) is 23.2 Å². The molecule has 2 nitrogen and oxygen atoms in total. The molecule has 2 rings (SSSR count). The van der Waals surface area contributed by atoms with Crippen LogP contribution >= 0.6 is 35.0 Å². The first-order valence-corrected chi connectivity index (χ1v) is 7.54. The highest BCUT2D eigenvalue weighted by Gasteiger charge is 2.18. The molecule has 0 spiro atoms. The van der Waals surface area contributed by atoms with Crippen molar-refractivity contribution in [3.05, 3.63) is 16.1 Å². The summed E-state index contributed by atoms with van der Waals surface area (Å²) in [6, 6.07) is 1.77. The number of hydrogen-bond acceptors (Lipinski definition) is 3. The van der Waals surface area contributed by atoms with Gasteiger partial charge in [-0.2, -0.15) is 0 Å². The lowest BCUT2D eigenvalue weighted by molar-refractivity contribution is 0.516. The molecule has 0 bridgehead atoms. The van der Waals surface area contributed by atoms with Gasteiger partial charge < -0.3 is 5.32 Å². The van der Waals surface area contributed by atoms with Crippen molar-refractivity contribution in [2.24, 2.45) is 0 Å². The third-order valence-corrected chi connectivity index (χ3v) is 4.99. The minimum absolute atomic E-state index is 0.575. The van der Waals surface area contributed by atoms with Crippen LogP contribution in [-0.2, 0) is 0 Å². The van der Waals surface area contributed by atoms with Crippen LogP contribution in [0.4, 0.5) is 5.82 Å². The Bertz CT molecular complexity index is 392. The van der Waals surface area contributed by atoms with Gasteiger partial charge in [0.05, 0.1) is 10.0 Å². The van der Waals surface area contributed by atoms with Gasteiger partial charge in [-0.1, -0.05) is 42.5 Å². The van der Waals surface area contributed by atoms with Gasteiger partial charge in [0.1, 0.15) is 10.8 Å². The molecule has 0 amide bonds. The maximum absolute atomic E-state index is 6.18. The third-order valence-electron chi connectivity index (χ3n) is 2.96. The molecule has 17 heavy (non-hydrogen) atoms. The minimum Gasteiger partial charge on any atom is -0.372 e. The van der Waals surface area contributed by atoms with Crippen LogP contribution in [0.5, 0.6) is 0 Å². The SMILES string of the molecule is CNc1nc(SC2CCCCC2)c(Cl)cc1Cl. The molecule has 1 aromatic rings. The summed E-state index contributed by atoms with van der Waals surface area (Å²) in [5, 5.41) is 5.76. The predicted octanol–water partition coefficient (Wildman–Crippen LogP) is 4.85. The van der Waals surface area contributed by atoms with Crippen LogP contribution in [0.1, 0.15) is 32.1 Å². The van der Waals surface area contributed by atoms with Crippen LogP contribution in [0.3, 0.4) is 0 Å². The van der Waals surface area contributed by atoms with Crippen molar-refractivity contribution < 1.29 is 0 Å². The van der Waals surface area contributed by atoms with Crippen LogP contribution in [0.25, 0.3) is 0 Å². The standard InChI is InChI=1S/C12H16Cl2N2S/c1-15-11-9(13)7-10(14)12(16-11)17-8-5-3-2-4-6-8/h7-8H,2-6H2,1H3,(H,15,16). The van der Waals surface area contributed by atoms with E-state index in [9.17, 15) is 0 Å². The van der Waals surface area contributed by atoms with E-state index in [2.05, 4.69) is 10.3 Å². The van der Waals surface area contributed by atoms with Crippen molar-refractivity contribution in [2.45, 2.75) is 42.4 Å². The Morgan fingerprint density at radius 2 is 1.94 bits per heavy atom. The normalized spacial score (nSPS) is 17.1. The molecule has 0 aliphatic heterocycles. The Morgan fingerprint density at radius 1 is 1.24 bits per heavy atom. The first kappa shape index (κ1) is 13.3. The third kappa shape index (κ3) is 3.43. The summed E-state index contributed by atoms with van der Waals surface area (Å²) in [5.74, 6) is 0.703. The molecule has 0 unspecified atom stereocenters. The fourth-order valence-corrected chi connectivity index (χ4v) is 3.84. The van der Waals surface area contributed by atoms with Crippen molar-refractivity contribution in [1.82, 2.24) is 4.98 Å². The summed E-state index contributed by atoms with van der Waals surface area (Å²) in [6.07, 6.45) is 6.53. The molecule has 5 heteroatoms. The number of hydrogen-bond donors (Lipinski definition) is 1. The maximum Gasteiger partial charge on any atom is 0.145 e. The van der Waals surface area contributed by atoms with E-state index in [0.29, 0.717) is 21.1 Å². The second-order valence-corrected chi connectivity index (χ2v) is 6.34. The van der Waals surface area contributed by atoms with Gasteiger partial charge in [0.15, 0.2) is 0 Å². The van der Waals surface area contributed by atoms with Gasteiger partial charge in [-0.3, -0.25) is 0 Å². The first-order valence-electron chi connectivity index (χ1n) is 5.91. The summed E-state index contributed by atoms with van der Waals surface area (Å²) < 4.78 is 0. The Morgan fingerprint density at radius 3 is 2.59 bits per heavy atom. The highest BCUT2D eigenvalue weighted by Crippen LogP contribution is 2.38. The average Bonchev–Trinajstić information content (AvgIpc) is 2.34. The lowest BCUT2D eigenvalue weighted by Crippen LogP contribution is -2.08. The van der Waals surface area contributed by atoms with Crippen LogP contribution in [0.15, 0.2) is 11.1 Å². The average molecular weight is 291 g/mol. The van der Waals surface area contributed by atoms with E-state index in [1.165, 1.54) is 32.1 Å². The number of rotatable bonds is 3. The molecule has 1 aliphatic rings. The van der Waals surface area contributed by atoms with Crippen molar-refractivity contribution in [1.29, 1.82) is 0 Å². The van der Waals surface area contributed by atoms with E-state index < -0.39 is 0 Å². The molecule has 0 atom stereocenters. The van der Waals surface area contributed by atoms with Gasteiger partial charge in [-0.25, -0.2) is 4.98 Å². The van der Waals surface area contributed by atoms with E-state index >= 15 is 0 Å². The maximum atomic E-state index is 6.18. The van der Waals surface area contributed by atoms with Gasteiger partial charge >= 0.3 is 0 Å². The van der Waals surface area contributed by atoms with Gasteiger partial charge in [0.2, 0.25) is 0 Å². The lowest BCUT2D eigenvalue weighted by atomic mass is 10.0. The quantitative estimate of drug-likeness (QED) is 0.861. The summed E-state index contributed by atoms with van der Waals surface area (Å²) in [6.45, 7) is 0. The Hall–Kier alpha value is -0.120. The molecule has 1 aliphatic carbocycles. The van der Waals surface area contributed by atoms with E-state index in [1.54, 1.807) is 17.8 Å². The molecule has 0 saturated heterocycles. The van der Waals surface area contributed by atoms with Crippen molar-refractivity contribution >= 4 is 40.8 Å². The molecule has 94 valence electrons. The van der Waals surface area contributed by atoms with Gasteiger partial charge in [0, 0.05) is 12.3 Å². The largest absolute Gasteiger partial charge is 0.372 e. The van der Waals surface area contributed by atoms with Crippen LogP contribution in [0.2, 0.25) is 10.0 Å². The number of nitrogens with one attached hydrogen (secondary N) is 1. The summed E-state index contributed by atoms with van der Waals surface area (Å²) in [7, 11) is 1.82. The number of halogens is 2. The van der Waals surface area contributed by atoms with Gasteiger partial charge in [0.25, 0.3) is 0 Å². The van der Waals surface area contributed by atoms with Crippen molar-refractivity contribution in [3.63, 3.8) is 0 Å². The second-order valence-electron chi connectivity index (χ2n) is 4.23. The molecule has 1 fully saturated rings. The second kappa shape index (κ2) is 6.17. The highest BCUT2D eigenvalue weighted by atomic mass is 35.5. The van der Waals surface area contributed by atoms with Crippen molar-refractivity contribution in [2.75, 3.05) is 12.4 Å². The zero-order valence-corrected chi connectivity index (χ0v) is 12.1. The van der Waals surface area contributed by atoms with Gasteiger partial charge in [-0.15, -0.1) is 11.8 Å². The number of pyridine rings is 1. The summed E-state index contributed by atoms with van der Waals surface area (Å²) >= 11 is 14.0. The highest BCUT2D eigenvalue weighted by molar-refractivity contribution is 8.00. The molecule has 0 radical (unpaired) electrons. The fourth-order valence-electron chi connectivity index (χ4n) is 2.05. The molecule has 1 heterocycles. The minimum atomic E-state index is 0.575. The molecule has 1 saturated carbocycles. The summed E-state index contributed by atoms with van der Waals surface area (Å²) in [5.41, 5.74) is 0. The monoisotopic (exact) mass is 290 g/mol. The smallest absolute Gasteiger partial charge is 0.145 e. The van der Waals surface area contributed by atoms with Crippen LogP contribution in [-0.4, -0.2) is 17.3 Å². The molecule has 1 N–H and O–H groups in total. The van der Waals surface area contributed by atoms with Crippen LogP contribution in [0, 0.1) is 0 Å². The lowest BCUT2D eigenvalue weighted by Gasteiger charge is -2.21. The molecule has 0 aromatic carbocycles. The molecular formula is C12H16Cl2N2S. The zero-order valence-electron chi connectivity index (χ0n) is 9.80. The van der Waals surface area contributed by atoms with E-state index in [0.717, 1.165) is 5.03 Å². The van der Waals surface area contributed by atoms with E-state index in [1.807, 2.05) is 7.05 Å². The number of nitrogens with zero attached hydrogens (tertiary/aromatic N) is 1. The Kier molecular flexibility index (Phi) is 4.83. The molecule has 1 aromatic heterocycles. The van der Waals surface area contributed by atoms with Crippen molar-refractivity contribution in [3.8, 4) is 0 Å². The predicted molar refractivity (Wildman–Crippen MR) is 76.5 cm³/mol. The van der Waals surface area contributed by atoms with Gasteiger partial charge in [-0.05, 0) is 18.9 Å². The zero-order chi connectivity index (χ0) is 12.3. The number of thioether (sulfide) groups is 1. The first-order chi connectivity index (χ1) is 8.20. The Balaban J connectivity index is 2.13. The summed E-state index contributed by atoms with van der Waals surface area (Å²) in [4.78, 5) is 4.47. The number of anilines is 1.